The number of amides is 2. The molecule has 0 aliphatic carbocycles. The summed E-state index contributed by atoms with van der Waals surface area (Å²) in [6, 6.07) is 7.73. The molecule has 2 amide bonds. The second kappa shape index (κ2) is 9.80. The summed E-state index contributed by atoms with van der Waals surface area (Å²) < 4.78 is 0. The number of anilines is 1. The molecule has 2 aliphatic rings. The second-order valence-electron chi connectivity index (χ2n) is 7.62. The number of piperidine rings is 1. The number of benzene rings is 1. The first kappa shape index (κ1) is 22.1. The van der Waals surface area contributed by atoms with E-state index in [1.165, 1.54) is 18.2 Å². The molecule has 2 aliphatic heterocycles. The number of aryl methyl sites for hydroxylation is 1. The first-order chi connectivity index (χ1) is 12.5. The van der Waals surface area contributed by atoms with E-state index < -0.39 is 0 Å². The van der Waals surface area contributed by atoms with E-state index in [1.807, 2.05) is 43.0 Å². The molecule has 0 saturated carbocycles. The van der Waals surface area contributed by atoms with Gasteiger partial charge in [-0.05, 0) is 57.2 Å². The molecule has 1 aromatic rings. The van der Waals surface area contributed by atoms with Crippen molar-refractivity contribution >= 4 is 41.7 Å². The highest BCUT2D eigenvalue weighted by Gasteiger charge is 2.38. The maximum absolute atomic E-state index is 12.7. The third-order valence-electron chi connectivity index (χ3n) is 5.62. The average molecular weight is 412 g/mol. The molecule has 0 radical (unpaired) electrons. The molecule has 150 valence electrons. The number of nitrogens with zero attached hydrogens (tertiary/aromatic N) is 1. The van der Waals surface area contributed by atoms with Crippen LogP contribution in [-0.2, 0) is 9.59 Å². The van der Waals surface area contributed by atoms with Gasteiger partial charge in [0.1, 0.15) is 0 Å². The van der Waals surface area contributed by atoms with E-state index in [2.05, 4.69) is 10.6 Å². The summed E-state index contributed by atoms with van der Waals surface area (Å²) in [5.74, 6) is 0.398. The van der Waals surface area contributed by atoms with Crippen LogP contribution in [0.1, 0.15) is 31.7 Å². The monoisotopic (exact) mass is 411 g/mol. The van der Waals surface area contributed by atoms with Crippen LogP contribution in [-0.4, -0.2) is 53.9 Å². The molecular formula is C20H30ClN3O2S. The van der Waals surface area contributed by atoms with Crippen LogP contribution in [0.15, 0.2) is 24.3 Å². The van der Waals surface area contributed by atoms with Crippen molar-refractivity contribution in [2.24, 2.45) is 5.41 Å². The fourth-order valence-corrected chi connectivity index (χ4v) is 4.55. The number of carbonyl (C=O) groups excluding carboxylic acids is 2. The summed E-state index contributed by atoms with van der Waals surface area (Å²) in [5, 5.41) is 6.15. The van der Waals surface area contributed by atoms with Crippen LogP contribution in [0.2, 0.25) is 0 Å². The maximum atomic E-state index is 12.7. The maximum Gasteiger partial charge on any atom is 0.235 e. The third-order valence-corrected chi connectivity index (χ3v) is 6.75. The fourth-order valence-electron chi connectivity index (χ4n) is 3.79. The van der Waals surface area contributed by atoms with E-state index in [0.29, 0.717) is 11.2 Å². The predicted octanol–water partition coefficient (Wildman–Crippen LogP) is 3.08. The van der Waals surface area contributed by atoms with Crippen molar-refractivity contribution in [3.63, 3.8) is 0 Å². The number of halogens is 1. The van der Waals surface area contributed by atoms with E-state index in [0.717, 1.165) is 50.3 Å². The fraction of sp³-hybridized carbons (Fsp3) is 0.600. The second-order valence-corrected chi connectivity index (χ2v) is 8.95. The van der Waals surface area contributed by atoms with Gasteiger partial charge in [0, 0.05) is 25.3 Å². The molecule has 2 fully saturated rings. The molecule has 1 aromatic carbocycles. The molecule has 0 aromatic heterocycles. The Balaban J connectivity index is 0.00000261. The Morgan fingerprint density at radius 3 is 2.48 bits per heavy atom. The van der Waals surface area contributed by atoms with Gasteiger partial charge in [0.05, 0.1) is 11.0 Å². The molecule has 1 unspecified atom stereocenters. The molecule has 27 heavy (non-hydrogen) atoms. The van der Waals surface area contributed by atoms with Crippen LogP contribution in [0.3, 0.4) is 0 Å². The Bertz CT molecular complexity index is 637. The average Bonchev–Trinajstić information content (AvgIpc) is 3.10. The van der Waals surface area contributed by atoms with Crippen molar-refractivity contribution in [3.05, 3.63) is 29.8 Å². The normalized spacial score (nSPS) is 19.4. The topological polar surface area (TPSA) is 61.4 Å². The van der Waals surface area contributed by atoms with Crippen LogP contribution >= 0.6 is 24.2 Å². The van der Waals surface area contributed by atoms with E-state index >= 15 is 0 Å². The summed E-state index contributed by atoms with van der Waals surface area (Å²) in [5.41, 5.74) is 2.38. The van der Waals surface area contributed by atoms with E-state index in [9.17, 15) is 9.59 Å². The minimum Gasteiger partial charge on any atom is -0.342 e. The molecule has 2 N–H and O–H groups in total. The zero-order valence-corrected chi connectivity index (χ0v) is 17.8. The van der Waals surface area contributed by atoms with Gasteiger partial charge in [-0.15, -0.1) is 24.2 Å². The van der Waals surface area contributed by atoms with Gasteiger partial charge in [0.2, 0.25) is 11.8 Å². The first-order valence-corrected chi connectivity index (χ1v) is 10.5. The van der Waals surface area contributed by atoms with Crippen LogP contribution in [0.25, 0.3) is 0 Å². The third kappa shape index (κ3) is 5.87. The van der Waals surface area contributed by atoms with Crippen LogP contribution in [0.5, 0.6) is 0 Å². The SMILES string of the molecule is Cc1ccc(NC(=O)CSC(C)C(=O)N2CCC3(CCNC3)CC2)cc1.Cl. The van der Waals surface area contributed by atoms with Gasteiger partial charge in [0.15, 0.2) is 0 Å². The van der Waals surface area contributed by atoms with E-state index in [1.54, 1.807) is 0 Å². The van der Waals surface area contributed by atoms with Crippen molar-refractivity contribution in [2.75, 3.05) is 37.2 Å². The summed E-state index contributed by atoms with van der Waals surface area (Å²) in [4.78, 5) is 26.8. The highest BCUT2D eigenvalue weighted by atomic mass is 35.5. The van der Waals surface area contributed by atoms with Gasteiger partial charge in [-0.25, -0.2) is 0 Å². The highest BCUT2D eigenvalue weighted by molar-refractivity contribution is 8.01. The largest absolute Gasteiger partial charge is 0.342 e. The van der Waals surface area contributed by atoms with E-state index in [-0.39, 0.29) is 29.5 Å². The van der Waals surface area contributed by atoms with Gasteiger partial charge in [-0.1, -0.05) is 17.7 Å². The molecule has 2 heterocycles. The molecule has 2 saturated heterocycles. The summed E-state index contributed by atoms with van der Waals surface area (Å²) >= 11 is 1.42. The minimum atomic E-state index is -0.186. The zero-order valence-electron chi connectivity index (χ0n) is 16.1. The molecule has 5 nitrogen and oxygen atoms in total. The Labute approximate surface area is 172 Å². The number of hydrogen-bond acceptors (Lipinski definition) is 4. The van der Waals surface area contributed by atoms with Crippen molar-refractivity contribution in [1.82, 2.24) is 10.2 Å². The lowest BCUT2D eigenvalue weighted by Gasteiger charge is -2.39. The number of likely N-dealkylation sites (tertiary alicyclic amines) is 1. The Morgan fingerprint density at radius 1 is 1.22 bits per heavy atom. The Morgan fingerprint density at radius 2 is 1.89 bits per heavy atom. The van der Waals surface area contributed by atoms with Crippen molar-refractivity contribution in [1.29, 1.82) is 0 Å². The predicted molar refractivity (Wildman–Crippen MR) is 115 cm³/mol. The molecule has 0 bridgehead atoms. The van der Waals surface area contributed by atoms with Crippen LogP contribution < -0.4 is 10.6 Å². The smallest absolute Gasteiger partial charge is 0.235 e. The van der Waals surface area contributed by atoms with Gasteiger partial charge in [-0.3, -0.25) is 9.59 Å². The van der Waals surface area contributed by atoms with Gasteiger partial charge >= 0.3 is 0 Å². The molecule has 3 rings (SSSR count). The molecular weight excluding hydrogens is 382 g/mol. The number of nitrogens with one attached hydrogen (secondary N) is 2. The lowest BCUT2D eigenvalue weighted by atomic mass is 9.78. The summed E-state index contributed by atoms with van der Waals surface area (Å²) in [6.45, 7) is 7.82. The minimum absolute atomic E-state index is 0. The summed E-state index contributed by atoms with van der Waals surface area (Å²) in [7, 11) is 0. The summed E-state index contributed by atoms with van der Waals surface area (Å²) in [6.07, 6.45) is 3.42. The van der Waals surface area contributed by atoms with Crippen molar-refractivity contribution in [3.8, 4) is 0 Å². The first-order valence-electron chi connectivity index (χ1n) is 9.45. The highest BCUT2D eigenvalue weighted by Crippen LogP contribution is 2.37. The quantitative estimate of drug-likeness (QED) is 0.781. The number of hydrogen-bond donors (Lipinski definition) is 2. The lowest BCUT2D eigenvalue weighted by Crippen LogP contribution is -2.46. The van der Waals surface area contributed by atoms with Crippen LogP contribution in [0.4, 0.5) is 5.69 Å². The molecule has 7 heteroatoms. The van der Waals surface area contributed by atoms with Gasteiger partial charge in [-0.2, -0.15) is 0 Å². The lowest BCUT2D eigenvalue weighted by molar-refractivity contribution is -0.132. The number of rotatable bonds is 5. The number of thioether (sulfide) groups is 1. The number of carbonyl (C=O) groups is 2. The van der Waals surface area contributed by atoms with Crippen molar-refractivity contribution in [2.45, 2.75) is 38.4 Å². The molecule has 1 atom stereocenters. The standard InChI is InChI=1S/C20H29N3O2S.ClH/c1-15-3-5-17(6-4-15)22-18(24)13-26-16(2)19(25)23-11-8-20(9-12-23)7-10-21-14-20;/h3-6,16,21H,7-14H2,1-2H3,(H,22,24);1H. The molecule has 1 spiro atoms. The van der Waals surface area contributed by atoms with Gasteiger partial charge in [0.25, 0.3) is 0 Å². The van der Waals surface area contributed by atoms with E-state index in [4.69, 9.17) is 0 Å². The zero-order chi connectivity index (χ0) is 18.6. The van der Waals surface area contributed by atoms with Crippen LogP contribution in [0, 0.1) is 12.3 Å². The Hall–Kier alpha value is -1.24. The van der Waals surface area contributed by atoms with Gasteiger partial charge < -0.3 is 15.5 Å². The Kier molecular flexibility index (Phi) is 8.01. The van der Waals surface area contributed by atoms with Crippen molar-refractivity contribution < 1.29 is 9.59 Å².